The SMILES string of the molecule is CCNCCCCCn1ccc(C(F)(F)F)n1. The van der Waals surface area contributed by atoms with Gasteiger partial charge in [-0.1, -0.05) is 13.3 Å². The molecule has 0 saturated carbocycles. The fourth-order valence-electron chi connectivity index (χ4n) is 1.51. The van der Waals surface area contributed by atoms with Crippen molar-refractivity contribution in [3.63, 3.8) is 0 Å². The van der Waals surface area contributed by atoms with Gasteiger partial charge in [-0.2, -0.15) is 18.3 Å². The maximum absolute atomic E-state index is 12.2. The second kappa shape index (κ2) is 6.64. The normalized spacial score (nSPS) is 12.0. The van der Waals surface area contributed by atoms with Crippen LogP contribution in [0.1, 0.15) is 31.9 Å². The predicted octanol–water partition coefficient (Wildman–Crippen LogP) is 2.68. The topological polar surface area (TPSA) is 29.9 Å². The number of nitrogens with one attached hydrogen (secondary N) is 1. The van der Waals surface area contributed by atoms with E-state index in [0.29, 0.717) is 6.54 Å². The summed E-state index contributed by atoms with van der Waals surface area (Å²) >= 11 is 0. The minimum atomic E-state index is -4.34. The van der Waals surface area contributed by atoms with Crippen molar-refractivity contribution in [1.82, 2.24) is 15.1 Å². The summed E-state index contributed by atoms with van der Waals surface area (Å²) < 4.78 is 38.1. The molecule has 0 bridgehead atoms. The van der Waals surface area contributed by atoms with Crippen LogP contribution < -0.4 is 5.32 Å². The Balaban J connectivity index is 2.21. The highest BCUT2D eigenvalue weighted by Crippen LogP contribution is 2.27. The molecule has 0 aliphatic rings. The van der Waals surface area contributed by atoms with Gasteiger partial charge >= 0.3 is 6.18 Å². The van der Waals surface area contributed by atoms with Crippen LogP contribution in [0.3, 0.4) is 0 Å². The minimum Gasteiger partial charge on any atom is -0.317 e. The average Bonchev–Trinajstić information content (AvgIpc) is 2.71. The van der Waals surface area contributed by atoms with Gasteiger partial charge in [-0.05, 0) is 32.0 Å². The summed E-state index contributed by atoms with van der Waals surface area (Å²) in [5.74, 6) is 0. The highest BCUT2D eigenvalue weighted by Gasteiger charge is 2.33. The number of halogens is 3. The first-order chi connectivity index (χ1) is 8.04. The summed E-state index contributed by atoms with van der Waals surface area (Å²) in [6.07, 6.45) is -0.0662. The lowest BCUT2D eigenvalue weighted by atomic mass is 10.2. The van der Waals surface area contributed by atoms with Gasteiger partial charge < -0.3 is 5.32 Å². The summed E-state index contributed by atoms with van der Waals surface area (Å²) in [4.78, 5) is 0. The van der Waals surface area contributed by atoms with Crippen molar-refractivity contribution in [1.29, 1.82) is 0 Å². The summed E-state index contributed by atoms with van der Waals surface area (Å²) in [7, 11) is 0. The smallest absolute Gasteiger partial charge is 0.317 e. The zero-order chi connectivity index (χ0) is 12.7. The van der Waals surface area contributed by atoms with E-state index < -0.39 is 11.9 Å². The van der Waals surface area contributed by atoms with Crippen LogP contribution in [0, 0.1) is 0 Å². The monoisotopic (exact) mass is 249 g/mol. The van der Waals surface area contributed by atoms with Gasteiger partial charge in [0.05, 0.1) is 0 Å². The molecule has 1 aromatic heterocycles. The van der Waals surface area contributed by atoms with Crippen molar-refractivity contribution < 1.29 is 13.2 Å². The van der Waals surface area contributed by atoms with Crippen LogP contribution in [0.25, 0.3) is 0 Å². The number of aryl methyl sites for hydroxylation is 1. The maximum atomic E-state index is 12.2. The van der Waals surface area contributed by atoms with Crippen LogP contribution in [0.4, 0.5) is 13.2 Å². The van der Waals surface area contributed by atoms with E-state index in [4.69, 9.17) is 0 Å². The first-order valence-electron chi connectivity index (χ1n) is 5.85. The van der Waals surface area contributed by atoms with Gasteiger partial charge in [0, 0.05) is 12.7 Å². The highest BCUT2D eigenvalue weighted by atomic mass is 19.4. The van der Waals surface area contributed by atoms with Crippen molar-refractivity contribution in [3.8, 4) is 0 Å². The molecule has 1 N–H and O–H groups in total. The van der Waals surface area contributed by atoms with Crippen LogP contribution in [-0.4, -0.2) is 22.9 Å². The van der Waals surface area contributed by atoms with Crippen LogP contribution >= 0.6 is 0 Å². The molecule has 0 spiro atoms. The second-order valence-corrected chi connectivity index (χ2v) is 3.88. The van der Waals surface area contributed by atoms with E-state index in [1.165, 1.54) is 10.9 Å². The van der Waals surface area contributed by atoms with Gasteiger partial charge in [-0.25, -0.2) is 0 Å². The quantitative estimate of drug-likeness (QED) is 0.753. The first-order valence-corrected chi connectivity index (χ1v) is 5.85. The van der Waals surface area contributed by atoms with E-state index in [0.717, 1.165) is 38.4 Å². The van der Waals surface area contributed by atoms with Gasteiger partial charge in [0.1, 0.15) is 0 Å². The molecule has 17 heavy (non-hydrogen) atoms. The van der Waals surface area contributed by atoms with Crippen LogP contribution in [0.2, 0.25) is 0 Å². The fraction of sp³-hybridized carbons (Fsp3) is 0.727. The molecule has 0 atom stereocenters. The maximum Gasteiger partial charge on any atom is 0.435 e. The third kappa shape index (κ3) is 5.21. The first kappa shape index (κ1) is 14.0. The molecule has 0 fully saturated rings. The molecule has 0 aliphatic carbocycles. The lowest BCUT2D eigenvalue weighted by Gasteiger charge is -2.03. The lowest BCUT2D eigenvalue weighted by molar-refractivity contribution is -0.141. The number of alkyl halides is 3. The number of aromatic nitrogens is 2. The zero-order valence-electron chi connectivity index (χ0n) is 9.93. The van der Waals surface area contributed by atoms with Gasteiger partial charge in [-0.3, -0.25) is 4.68 Å². The third-order valence-electron chi connectivity index (χ3n) is 2.42. The molecule has 0 unspecified atom stereocenters. The molecule has 0 aliphatic heterocycles. The molecule has 6 heteroatoms. The van der Waals surface area contributed by atoms with E-state index in [-0.39, 0.29) is 0 Å². The Morgan fingerprint density at radius 3 is 2.65 bits per heavy atom. The van der Waals surface area contributed by atoms with Crippen molar-refractivity contribution in [2.75, 3.05) is 13.1 Å². The Hall–Kier alpha value is -1.04. The van der Waals surface area contributed by atoms with Crippen molar-refractivity contribution in [2.24, 2.45) is 0 Å². The van der Waals surface area contributed by atoms with Gasteiger partial charge in [0.2, 0.25) is 0 Å². The molecule has 0 saturated heterocycles. The fourth-order valence-corrected chi connectivity index (χ4v) is 1.51. The molecule has 1 heterocycles. The molecular formula is C11H18F3N3. The molecule has 1 rings (SSSR count). The van der Waals surface area contributed by atoms with Crippen LogP contribution in [0.15, 0.2) is 12.3 Å². The molecule has 98 valence electrons. The second-order valence-electron chi connectivity index (χ2n) is 3.88. The van der Waals surface area contributed by atoms with Crippen molar-refractivity contribution >= 4 is 0 Å². The number of unbranched alkanes of at least 4 members (excludes halogenated alkanes) is 2. The van der Waals surface area contributed by atoms with Crippen LogP contribution in [0.5, 0.6) is 0 Å². The van der Waals surface area contributed by atoms with Crippen molar-refractivity contribution in [3.05, 3.63) is 18.0 Å². The molecule has 1 aromatic rings. The summed E-state index contributed by atoms with van der Waals surface area (Å²) in [5, 5.41) is 6.69. The third-order valence-corrected chi connectivity index (χ3v) is 2.42. The Morgan fingerprint density at radius 1 is 1.29 bits per heavy atom. The summed E-state index contributed by atoms with van der Waals surface area (Å²) in [6.45, 7) is 4.50. The Kier molecular flexibility index (Phi) is 5.47. The molecule has 0 amide bonds. The van der Waals surface area contributed by atoms with Gasteiger partial charge in [0.25, 0.3) is 0 Å². The van der Waals surface area contributed by atoms with E-state index in [2.05, 4.69) is 10.4 Å². The molecule has 0 radical (unpaired) electrons. The van der Waals surface area contributed by atoms with E-state index in [9.17, 15) is 13.2 Å². The zero-order valence-corrected chi connectivity index (χ0v) is 9.93. The number of rotatable bonds is 7. The predicted molar refractivity (Wildman–Crippen MR) is 59.6 cm³/mol. The minimum absolute atomic E-state index is 0.544. The van der Waals surface area contributed by atoms with E-state index in [1.807, 2.05) is 6.92 Å². The molecule has 3 nitrogen and oxygen atoms in total. The van der Waals surface area contributed by atoms with E-state index >= 15 is 0 Å². The number of hydrogen-bond donors (Lipinski definition) is 1. The summed E-state index contributed by atoms with van der Waals surface area (Å²) in [5.41, 5.74) is -0.815. The van der Waals surface area contributed by atoms with Gasteiger partial charge in [-0.15, -0.1) is 0 Å². The number of nitrogens with zero attached hydrogens (tertiary/aromatic N) is 2. The Bertz CT molecular complexity index is 320. The average molecular weight is 249 g/mol. The molecule has 0 aromatic carbocycles. The number of hydrogen-bond acceptors (Lipinski definition) is 2. The lowest BCUT2D eigenvalue weighted by Crippen LogP contribution is -2.14. The highest BCUT2D eigenvalue weighted by molar-refractivity contribution is 5.02. The van der Waals surface area contributed by atoms with Gasteiger partial charge in [0.15, 0.2) is 5.69 Å². The Labute approximate surface area is 99.0 Å². The van der Waals surface area contributed by atoms with Crippen LogP contribution in [-0.2, 0) is 12.7 Å². The molecular weight excluding hydrogens is 231 g/mol. The summed E-state index contributed by atoms with van der Waals surface area (Å²) in [6, 6.07) is 1.01. The van der Waals surface area contributed by atoms with E-state index in [1.54, 1.807) is 0 Å². The largest absolute Gasteiger partial charge is 0.435 e. The Morgan fingerprint density at radius 2 is 2.06 bits per heavy atom. The van der Waals surface area contributed by atoms with Crippen molar-refractivity contribution in [2.45, 2.75) is 38.9 Å². The standard InChI is InChI=1S/C11H18F3N3/c1-2-15-7-4-3-5-8-17-9-6-10(16-17)11(12,13)14/h6,9,15H,2-5,7-8H2,1H3.